The van der Waals surface area contributed by atoms with E-state index in [9.17, 15) is 9.59 Å². The Morgan fingerprint density at radius 2 is 1.64 bits per heavy atom. The smallest absolute Gasteiger partial charge is 0.302 e. The molecule has 2 aromatic carbocycles. The fourth-order valence-electron chi connectivity index (χ4n) is 2.09. The molecule has 1 aliphatic rings. The summed E-state index contributed by atoms with van der Waals surface area (Å²) in [6.45, 7) is 0. The predicted molar refractivity (Wildman–Crippen MR) is 89.6 cm³/mol. The van der Waals surface area contributed by atoms with Crippen molar-refractivity contribution in [2.75, 3.05) is 4.90 Å². The van der Waals surface area contributed by atoms with Gasteiger partial charge >= 0.3 is 6.03 Å². The average Bonchev–Trinajstić information content (AvgIpc) is 2.77. The number of urea groups is 1. The van der Waals surface area contributed by atoms with Crippen molar-refractivity contribution in [2.24, 2.45) is 0 Å². The number of hydrogen-bond acceptors (Lipinski definition) is 2. The van der Waals surface area contributed by atoms with Crippen molar-refractivity contribution in [2.45, 2.75) is 0 Å². The van der Waals surface area contributed by atoms with E-state index in [4.69, 9.17) is 11.6 Å². The van der Waals surface area contributed by atoms with Gasteiger partial charge in [0, 0.05) is 9.50 Å². The lowest BCUT2D eigenvalue weighted by Gasteiger charge is -2.11. The summed E-state index contributed by atoms with van der Waals surface area (Å²) in [5.74, 6) is -0.393. The zero-order chi connectivity index (χ0) is 15.7. The molecule has 1 heterocycles. The molecule has 0 saturated carbocycles. The zero-order valence-corrected chi connectivity index (χ0v) is 13.6. The number of imide groups is 1. The maximum absolute atomic E-state index is 12.4. The van der Waals surface area contributed by atoms with Crippen LogP contribution in [0.15, 0.2) is 58.7 Å². The van der Waals surface area contributed by atoms with Gasteiger partial charge in [0.15, 0.2) is 0 Å². The Bertz CT molecular complexity index is 770. The second-order valence-electron chi connectivity index (χ2n) is 4.66. The third kappa shape index (κ3) is 2.91. The van der Waals surface area contributed by atoms with Gasteiger partial charge in [-0.25, -0.2) is 9.69 Å². The number of anilines is 1. The molecule has 22 heavy (non-hydrogen) atoms. The summed E-state index contributed by atoms with van der Waals surface area (Å²) in [5.41, 5.74) is 1.54. The van der Waals surface area contributed by atoms with E-state index in [-0.39, 0.29) is 5.70 Å². The number of hydrogen-bond donors (Lipinski definition) is 1. The largest absolute Gasteiger partial charge is 0.333 e. The summed E-state index contributed by atoms with van der Waals surface area (Å²) in [4.78, 5) is 25.5. The summed E-state index contributed by atoms with van der Waals surface area (Å²) in [5, 5.41) is 3.13. The van der Waals surface area contributed by atoms with Crippen LogP contribution < -0.4 is 10.2 Å². The Hall–Kier alpha value is -2.11. The molecule has 0 aliphatic carbocycles. The number of nitrogens with one attached hydrogen (secondary N) is 1. The van der Waals surface area contributed by atoms with Crippen LogP contribution in [0.2, 0.25) is 5.02 Å². The molecule has 0 radical (unpaired) electrons. The van der Waals surface area contributed by atoms with E-state index in [1.54, 1.807) is 30.3 Å². The number of benzene rings is 2. The molecule has 0 bridgehead atoms. The summed E-state index contributed by atoms with van der Waals surface area (Å²) in [7, 11) is 0. The van der Waals surface area contributed by atoms with Gasteiger partial charge in [-0.1, -0.05) is 39.7 Å². The van der Waals surface area contributed by atoms with Gasteiger partial charge in [-0.05, 0) is 48.0 Å². The van der Waals surface area contributed by atoms with E-state index in [1.807, 2.05) is 24.3 Å². The van der Waals surface area contributed by atoms with Gasteiger partial charge in [-0.2, -0.15) is 0 Å². The molecule has 3 amide bonds. The molecule has 4 nitrogen and oxygen atoms in total. The van der Waals surface area contributed by atoms with Gasteiger partial charge in [0.2, 0.25) is 0 Å². The standard InChI is InChI=1S/C16H10BrClN2O2/c17-11-3-1-10(2-4-11)9-14-15(21)20(16(22)19-14)13-7-5-12(18)6-8-13/h1-9H,(H,19,22). The number of carbonyl (C=O) groups excluding carboxylic acids is 2. The molecule has 0 unspecified atom stereocenters. The molecule has 1 N–H and O–H groups in total. The summed E-state index contributed by atoms with van der Waals surface area (Å²) in [6.07, 6.45) is 1.64. The van der Waals surface area contributed by atoms with Crippen LogP contribution >= 0.6 is 27.5 Å². The van der Waals surface area contributed by atoms with Crippen LogP contribution in [0.25, 0.3) is 6.08 Å². The molecule has 0 spiro atoms. The first-order chi connectivity index (χ1) is 10.5. The highest BCUT2D eigenvalue weighted by atomic mass is 79.9. The van der Waals surface area contributed by atoms with Crippen molar-refractivity contribution in [1.29, 1.82) is 0 Å². The third-order valence-electron chi connectivity index (χ3n) is 3.14. The number of nitrogens with zero attached hydrogens (tertiary/aromatic N) is 1. The number of carbonyl (C=O) groups is 2. The number of amides is 3. The van der Waals surface area contributed by atoms with Crippen LogP contribution in [0, 0.1) is 0 Å². The fraction of sp³-hybridized carbons (Fsp3) is 0. The van der Waals surface area contributed by atoms with Gasteiger partial charge in [-0.15, -0.1) is 0 Å². The molecule has 1 aliphatic heterocycles. The lowest BCUT2D eigenvalue weighted by Crippen LogP contribution is -2.30. The number of rotatable bonds is 2. The van der Waals surface area contributed by atoms with E-state index in [2.05, 4.69) is 21.2 Å². The SMILES string of the molecule is O=C1NC(=Cc2ccc(Br)cc2)C(=O)N1c1ccc(Cl)cc1. The topological polar surface area (TPSA) is 49.4 Å². The highest BCUT2D eigenvalue weighted by Gasteiger charge is 2.34. The molecule has 1 fully saturated rings. The molecule has 6 heteroatoms. The van der Waals surface area contributed by atoms with Crippen molar-refractivity contribution in [1.82, 2.24) is 5.32 Å². The Morgan fingerprint density at radius 3 is 2.27 bits per heavy atom. The first-order valence-corrected chi connectivity index (χ1v) is 7.60. The van der Waals surface area contributed by atoms with Gasteiger partial charge in [0.1, 0.15) is 5.70 Å². The van der Waals surface area contributed by atoms with Crippen LogP contribution in [0.5, 0.6) is 0 Å². The minimum atomic E-state index is -0.476. The molecule has 0 atom stereocenters. The maximum Gasteiger partial charge on any atom is 0.333 e. The summed E-state index contributed by atoms with van der Waals surface area (Å²) >= 11 is 9.17. The van der Waals surface area contributed by atoms with Crippen molar-refractivity contribution in [3.63, 3.8) is 0 Å². The molecule has 0 aromatic heterocycles. The summed E-state index contributed by atoms with van der Waals surface area (Å²) < 4.78 is 0.944. The molecular formula is C16H10BrClN2O2. The minimum Gasteiger partial charge on any atom is -0.302 e. The van der Waals surface area contributed by atoms with Crippen LogP contribution in [0.4, 0.5) is 10.5 Å². The number of halogens is 2. The monoisotopic (exact) mass is 376 g/mol. The van der Waals surface area contributed by atoms with E-state index >= 15 is 0 Å². The lowest BCUT2D eigenvalue weighted by atomic mass is 10.2. The molecule has 3 rings (SSSR count). The van der Waals surface area contributed by atoms with Gasteiger partial charge in [0.25, 0.3) is 5.91 Å². The molecule has 1 saturated heterocycles. The van der Waals surface area contributed by atoms with Crippen molar-refractivity contribution < 1.29 is 9.59 Å². The van der Waals surface area contributed by atoms with Crippen LogP contribution in [0.3, 0.4) is 0 Å². The minimum absolute atomic E-state index is 0.238. The van der Waals surface area contributed by atoms with E-state index in [0.717, 1.165) is 14.9 Å². The maximum atomic E-state index is 12.4. The predicted octanol–water partition coefficient (Wildman–Crippen LogP) is 4.20. The van der Waals surface area contributed by atoms with E-state index in [0.29, 0.717) is 10.7 Å². The quantitative estimate of drug-likeness (QED) is 0.630. The Balaban J connectivity index is 1.91. The van der Waals surface area contributed by atoms with Gasteiger partial charge in [-0.3, -0.25) is 4.79 Å². The lowest BCUT2D eigenvalue weighted by molar-refractivity contribution is -0.113. The summed E-state index contributed by atoms with van der Waals surface area (Å²) in [6, 6.07) is 13.5. The second kappa shape index (κ2) is 5.94. The van der Waals surface area contributed by atoms with E-state index in [1.165, 1.54) is 0 Å². The third-order valence-corrected chi connectivity index (χ3v) is 3.92. The fourth-order valence-corrected chi connectivity index (χ4v) is 2.48. The molecule has 2 aromatic rings. The Labute approximate surface area is 140 Å². The Morgan fingerprint density at radius 1 is 1.00 bits per heavy atom. The average molecular weight is 378 g/mol. The first-order valence-electron chi connectivity index (χ1n) is 6.43. The molecule has 110 valence electrons. The normalized spacial score (nSPS) is 16.3. The second-order valence-corrected chi connectivity index (χ2v) is 6.01. The van der Waals surface area contributed by atoms with Crippen LogP contribution in [-0.2, 0) is 4.79 Å². The van der Waals surface area contributed by atoms with E-state index < -0.39 is 11.9 Å². The highest BCUT2D eigenvalue weighted by Crippen LogP contribution is 2.24. The van der Waals surface area contributed by atoms with Crippen LogP contribution in [-0.4, -0.2) is 11.9 Å². The van der Waals surface area contributed by atoms with Crippen molar-refractivity contribution >= 4 is 51.2 Å². The van der Waals surface area contributed by atoms with Crippen LogP contribution in [0.1, 0.15) is 5.56 Å². The van der Waals surface area contributed by atoms with Gasteiger partial charge < -0.3 is 5.32 Å². The zero-order valence-electron chi connectivity index (χ0n) is 11.2. The first kappa shape index (κ1) is 14.8. The molecular weight excluding hydrogens is 368 g/mol. The Kier molecular flexibility index (Phi) is 4.00. The van der Waals surface area contributed by atoms with Crippen molar-refractivity contribution in [3.8, 4) is 0 Å². The van der Waals surface area contributed by atoms with Gasteiger partial charge in [0.05, 0.1) is 5.69 Å². The highest BCUT2D eigenvalue weighted by molar-refractivity contribution is 9.10. The van der Waals surface area contributed by atoms with Crippen molar-refractivity contribution in [3.05, 3.63) is 69.3 Å².